The molecule has 0 saturated heterocycles. The highest BCUT2D eigenvalue weighted by Gasteiger charge is 2.05. The molecule has 0 nitrogen and oxygen atoms in total. The van der Waals surface area contributed by atoms with Gasteiger partial charge >= 0.3 is 0 Å². The van der Waals surface area contributed by atoms with Gasteiger partial charge in [-0.3, -0.25) is 0 Å². The number of hydrogen-bond donors (Lipinski definition) is 0. The molecule has 0 radical (unpaired) electrons. The zero-order valence-corrected chi connectivity index (χ0v) is 10.1. The Balaban J connectivity index is 2.62. The van der Waals surface area contributed by atoms with E-state index in [-0.39, 0.29) is 5.82 Å². The molecule has 0 amide bonds. The summed E-state index contributed by atoms with van der Waals surface area (Å²) in [6.45, 7) is 1.92. The zero-order chi connectivity index (χ0) is 11.7. The van der Waals surface area contributed by atoms with Crippen molar-refractivity contribution in [2.45, 2.75) is 6.92 Å². The van der Waals surface area contributed by atoms with E-state index in [2.05, 4.69) is 0 Å². The lowest BCUT2D eigenvalue weighted by atomic mass is 10.0. The summed E-state index contributed by atoms with van der Waals surface area (Å²) in [4.78, 5) is 0. The molecule has 0 heterocycles. The van der Waals surface area contributed by atoms with Crippen LogP contribution in [0.1, 0.15) is 5.56 Å². The minimum absolute atomic E-state index is 0.267. The van der Waals surface area contributed by atoms with Crippen LogP contribution in [0, 0.1) is 12.7 Å². The lowest BCUT2D eigenvalue weighted by molar-refractivity contribution is 0.628. The second kappa shape index (κ2) is 4.44. The lowest BCUT2D eigenvalue weighted by Crippen LogP contribution is -1.85. The van der Waals surface area contributed by atoms with Crippen molar-refractivity contribution in [2.75, 3.05) is 0 Å². The maximum absolute atomic E-state index is 13.2. The molecule has 0 spiro atoms. The van der Waals surface area contributed by atoms with E-state index in [1.54, 1.807) is 24.3 Å². The highest BCUT2D eigenvalue weighted by atomic mass is 35.5. The number of hydrogen-bond acceptors (Lipinski definition) is 0. The van der Waals surface area contributed by atoms with Crippen molar-refractivity contribution in [2.24, 2.45) is 0 Å². The molecular formula is C13H9Cl2F. The summed E-state index contributed by atoms with van der Waals surface area (Å²) < 4.78 is 13.2. The Hall–Kier alpha value is -1.05. The molecule has 0 unspecified atom stereocenters. The van der Waals surface area contributed by atoms with Crippen LogP contribution in [0.5, 0.6) is 0 Å². The Kier molecular flexibility index (Phi) is 3.17. The van der Waals surface area contributed by atoms with Gasteiger partial charge in [0.05, 0.1) is 0 Å². The molecule has 16 heavy (non-hydrogen) atoms. The van der Waals surface area contributed by atoms with Crippen LogP contribution in [0.4, 0.5) is 4.39 Å². The van der Waals surface area contributed by atoms with Crippen LogP contribution in [0.3, 0.4) is 0 Å². The smallest absolute Gasteiger partial charge is 0.123 e. The molecule has 0 atom stereocenters. The predicted molar refractivity (Wildman–Crippen MR) is 66.6 cm³/mol. The summed E-state index contributed by atoms with van der Waals surface area (Å²) in [7, 11) is 0. The first kappa shape index (κ1) is 11.4. The monoisotopic (exact) mass is 254 g/mol. The van der Waals surface area contributed by atoms with Crippen LogP contribution in [0.25, 0.3) is 11.1 Å². The third-order valence-corrected chi connectivity index (χ3v) is 2.81. The molecule has 0 N–H and O–H groups in total. The van der Waals surface area contributed by atoms with Gasteiger partial charge in [0.2, 0.25) is 0 Å². The number of aryl methyl sites for hydroxylation is 1. The Bertz CT molecular complexity index is 515. The van der Waals surface area contributed by atoms with Gasteiger partial charge in [0, 0.05) is 10.0 Å². The maximum Gasteiger partial charge on any atom is 0.123 e. The average molecular weight is 255 g/mol. The molecule has 2 aromatic rings. The summed E-state index contributed by atoms with van der Waals surface area (Å²) in [5, 5.41) is 1.09. The number of rotatable bonds is 1. The van der Waals surface area contributed by atoms with Crippen LogP contribution < -0.4 is 0 Å². The third kappa shape index (κ3) is 2.37. The van der Waals surface area contributed by atoms with E-state index >= 15 is 0 Å². The Morgan fingerprint density at radius 2 is 1.56 bits per heavy atom. The van der Waals surface area contributed by atoms with Crippen molar-refractivity contribution >= 4 is 23.2 Å². The average Bonchev–Trinajstić information content (AvgIpc) is 2.20. The van der Waals surface area contributed by atoms with Crippen molar-refractivity contribution in [3.63, 3.8) is 0 Å². The Morgan fingerprint density at radius 3 is 2.19 bits per heavy atom. The van der Waals surface area contributed by atoms with Gasteiger partial charge in [-0.1, -0.05) is 29.3 Å². The fourth-order valence-corrected chi connectivity index (χ4v) is 2.14. The summed E-state index contributed by atoms with van der Waals surface area (Å²) in [5.41, 5.74) is 2.62. The Morgan fingerprint density at radius 1 is 0.938 bits per heavy atom. The van der Waals surface area contributed by atoms with Crippen LogP contribution in [-0.4, -0.2) is 0 Å². The van der Waals surface area contributed by atoms with Crippen LogP contribution in [0.15, 0.2) is 36.4 Å². The number of halogens is 3. The lowest BCUT2D eigenvalue weighted by Gasteiger charge is -2.07. The quantitative estimate of drug-likeness (QED) is 0.664. The van der Waals surface area contributed by atoms with E-state index in [9.17, 15) is 4.39 Å². The van der Waals surface area contributed by atoms with Crippen molar-refractivity contribution in [3.8, 4) is 11.1 Å². The first-order chi connectivity index (χ1) is 7.56. The molecule has 0 aliphatic heterocycles. The van der Waals surface area contributed by atoms with Crippen LogP contribution in [-0.2, 0) is 0 Å². The SMILES string of the molecule is Cc1ccc(F)cc1-c1cc(Cl)cc(Cl)c1. The summed E-state index contributed by atoms with van der Waals surface area (Å²) in [6.07, 6.45) is 0. The molecule has 0 aromatic heterocycles. The highest BCUT2D eigenvalue weighted by Crippen LogP contribution is 2.29. The van der Waals surface area contributed by atoms with Gasteiger partial charge in [-0.2, -0.15) is 0 Å². The maximum atomic E-state index is 13.2. The molecule has 2 aromatic carbocycles. The van der Waals surface area contributed by atoms with Crippen molar-refractivity contribution in [1.82, 2.24) is 0 Å². The van der Waals surface area contributed by atoms with E-state index < -0.39 is 0 Å². The largest absolute Gasteiger partial charge is 0.207 e. The van der Waals surface area contributed by atoms with Gasteiger partial charge in [0.1, 0.15) is 5.82 Å². The fourth-order valence-electron chi connectivity index (χ4n) is 1.61. The van der Waals surface area contributed by atoms with Gasteiger partial charge in [-0.25, -0.2) is 4.39 Å². The highest BCUT2D eigenvalue weighted by molar-refractivity contribution is 6.35. The molecule has 0 fully saturated rings. The molecule has 2 rings (SSSR count). The second-order valence-electron chi connectivity index (χ2n) is 3.62. The van der Waals surface area contributed by atoms with Crippen molar-refractivity contribution in [1.29, 1.82) is 0 Å². The second-order valence-corrected chi connectivity index (χ2v) is 4.49. The number of benzene rings is 2. The van der Waals surface area contributed by atoms with Gasteiger partial charge in [0.15, 0.2) is 0 Å². The molecular weight excluding hydrogens is 246 g/mol. The normalized spacial score (nSPS) is 10.5. The molecule has 0 aliphatic rings. The third-order valence-electron chi connectivity index (χ3n) is 2.37. The van der Waals surface area contributed by atoms with Crippen molar-refractivity contribution < 1.29 is 4.39 Å². The predicted octanol–water partition coefficient (Wildman–Crippen LogP) is 5.11. The summed E-state index contributed by atoms with van der Waals surface area (Å²) in [5.74, 6) is -0.267. The molecule has 0 aliphatic carbocycles. The fraction of sp³-hybridized carbons (Fsp3) is 0.0769. The zero-order valence-electron chi connectivity index (χ0n) is 8.60. The van der Waals surface area contributed by atoms with Crippen LogP contribution in [0.2, 0.25) is 10.0 Å². The van der Waals surface area contributed by atoms with E-state index in [4.69, 9.17) is 23.2 Å². The van der Waals surface area contributed by atoms with E-state index in [0.29, 0.717) is 10.0 Å². The van der Waals surface area contributed by atoms with Crippen LogP contribution >= 0.6 is 23.2 Å². The van der Waals surface area contributed by atoms with E-state index in [0.717, 1.165) is 16.7 Å². The van der Waals surface area contributed by atoms with E-state index in [1.165, 1.54) is 12.1 Å². The minimum atomic E-state index is -0.267. The summed E-state index contributed by atoms with van der Waals surface area (Å²) in [6, 6.07) is 9.85. The summed E-state index contributed by atoms with van der Waals surface area (Å²) >= 11 is 11.8. The molecule has 3 heteroatoms. The van der Waals surface area contributed by atoms with E-state index in [1.807, 2.05) is 6.92 Å². The minimum Gasteiger partial charge on any atom is -0.207 e. The molecule has 82 valence electrons. The Labute approximate surface area is 104 Å². The van der Waals surface area contributed by atoms with Gasteiger partial charge < -0.3 is 0 Å². The van der Waals surface area contributed by atoms with Gasteiger partial charge in [-0.05, 0) is 53.9 Å². The van der Waals surface area contributed by atoms with Crippen molar-refractivity contribution in [3.05, 3.63) is 57.8 Å². The first-order valence-electron chi connectivity index (χ1n) is 4.79. The molecule has 0 saturated carbocycles. The van der Waals surface area contributed by atoms with Gasteiger partial charge in [0.25, 0.3) is 0 Å². The standard InChI is InChI=1S/C13H9Cl2F/c1-8-2-3-12(16)7-13(8)9-4-10(14)6-11(15)5-9/h2-7H,1H3. The topological polar surface area (TPSA) is 0 Å². The van der Waals surface area contributed by atoms with Gasteiger partial charge in [-0.15, -0.1) is 0 Å². The first-order valence-corrected chi connectivity index (χ1v) is 5.54. The molecule has 0 bridgehead atoms.